The number of amides is 1. The van der Waals surface area contributed by atoms with Gasteiger partial charge in [0.15, 0.2) is 16.8 Å². The Hall–Kier alpha value is -11.8. The maximum Gasteiger partial charge on any atom is 0.317 e. The number of ether oxygens (including phenoxy) is 2. The Balaban J connectivity index is 0.000000150. The zero-order valence-electron chi connectivity index (χ0n) is 54.3. The number of aliphatic hydroxyl groups is 1. The average molecular weight is 1370 g/mol. The standard InChI is InChI=1S/C22H20ClFN6O3.C22H20FN7O3.C22H21FN6O4/c1-4-32-21(31)22(2,3)18-19(23)25-20(27-26-18)16-11-17(15-9-10-33-29-15)30(28-16)12-13-7-5-6-8-14(13)24;1-22(2)18-20(29(8-9-31)21(22)32)24-19(26-25-18)16-11-17(15-7-10-33-28-15)30(27-16)12-13-5-3-4-6-14(13)23;1-4-32-21(31)22(2,3)18-20(30)24-19(26-25-18)16-11-17(15-9-10-33-28-15)29(27-16)12-13-7-5-6-8-14(13)23/h5-11H,4,12H2,1-3H3;3-7,10-11,31H,8-9,12H2,1-2H3;5-11H,4,12H2,1-3H3,(H,24,26,30). The van der Waals surface area contributed by atoms with Crippen molar-refractivity contribution >= 4 is 35.3 Å². The molecule has 0 spiro atoms. The van der Waals surface area contributed by atoms with Gasteiger partial charge in [0, 0.05) is 34.9 Å². The van der Waals surface area contributed by atoms with Crippen LogP contribution in [0, 0.1) is 17.5 Å². The lowest BCUT2D eigenvalue weighted by Crippen LogP contribution is -2.38. The van der Waals surface area contributed by atoms with E-state index in [2.05, 4.69) is 76.3 Å². The fraction of sp³-hybridized carbons (Fsp3) is 0.273. The Morgan fingerprint density at radius 3 is 1.39 bits per heavy atom. The lowest BCUT2D eigenvalue weighted by atomic mass is 9.90. The summed E-state index contributed by atoms with van der Waals surface area (Å²) in [5, 5.41) is 59.7. The number of esters is 2. The minimum Gasteiger partial charge on any atom is -0.465 e. The molecule has 13 rings (SSSR count). The molecule has 0 unspecified atom stereocenters. The summed E-state index contributed by atoms with van der Waals surface area (Å²) in [4.78, 5) is 63.0. The molecule has 0 saturated heterocycles. The number of H-pyrrole nitrogens is 1. The minimum absolute atomic E-state index is 0.00435. The van der Waals surface area contributed by atoms with Crippen molar-refractivity contribution in [3.8, 4) is 68.7 Å². The van der Waals surface area contributed by atoms with Crippen molar-refractivity contribution in [2.24, 2.45) is 0 Å². The summed E-state index contributed by atoms with van der Waals surface area (Å²) in [5.41, 5.74) is 2.11. The molecule has 3 aromatic carbocycles. The maximum absolute atomic E-state index is 14.3. The van der Waals surface area contributed by atoms with Crippen molar-refractivity contribution in [1.29, 1.82) is 0 Å². The normalized spacial score (nSPS) is 12.6. The Morgan fingerprint density at radius 2 is 0.980 bits per heavy atom. The molecule has 33 heteroatoms. The zero-order valence-corrected chi connectivity index (χ0v) is 55.0. The summed E-state index contributed by atoms with van der Waals surface area (Å²) in [6, 6.07) is 29.2. The van der Waals surface area contributed by atoms with Crippen LogP contribution in [0.5, 0.6) is 0 Å². The molecule has 1 amide bonds. The molecule has 0 radical (unpaired) electrons. The number of fused-ring (bicyclic) bond motifs is 1. The van der Waals surface area contributed by atoms with Crippen LogP contribution in [-0.4, -0.2) is 140 Å². The van der Waals surface area contributed by atoms with Gasteiger partial charge in [-0.1, -0.05) is 81.7 Å². The van der Waals surface area contributed by atoms with Crippen molar-refractivity contribution in [1.82, 2.24) is 90.4 Å². The second kappa shape index (κ2) is 28.9. The topological polar surface area (TPSA) is 361 Å². The number of nitrogens with one attached hydrogen (secondary N) is 1. The summed E-state index contributed by atoms with van der Waals surface area (Å²) >= 11 is 6.37. The number of carbonyl (C=O) groups excluding carboxylic acids is 3. The molecule has 9 aromatic heterocycles. The van der Waals surface area contributed by atoms with Crippen molar-refractivity contribution < 1.29 is 55.7 Å². The smallest absolute Gasteiger partial charge is 0.317 e. The highest BCUT2D eigenvalue weighted by molar-refractivity contribution is 6.30. The summed E-state index contributed by atoms with van der Waals surface area (Å²) in [6.45, 7) is 13.9. The first kappa shape index (κ1) is 68.6. The van der Waals surface area contributed by atoms with Gasteiger partial charge in [-0.05, 0) is 91.8 Å². The van der Waals surface area contributed by atoms with E-state index < -0.39 is 33.7 Å². The number of β-amino-alcohol motifs (C(OH)–C–C–N with tert-alkyl or cyclic N) is 1. The van der Waals surface area contributed by atoms with Gasteiger partial charge in [-0.15, -0.1) is 30.6 Å². The molecule has 12 aromatic rings. The highest BCUT2D eigenvalue weighted by Crippen LogP contribution is 2.40. The molecule has 1 aliphatic rings. The van der Waals surface area contributed by atoms with Crippen LogP contribution < -0.4 is 10.5 Å². The molecule has 2 N–H and O–H groups in total. The molecule has 10 heterocycles. The molecular formula is C66H61ClF3N19O10. The molecule has 29 nitrogen and oxygen atoms in total. The largest absolute Gasteiger partial charge is 0.465 e. The van der Waals surface area contributed by atoms with Crippen molar-refractivity contribution in [3.05, 3.63) is 195 Å². The molecule has 0 fully saturated rings. The Bertz CT molecular complexity index is 4940. The van der Waals surface area contributed by atoms with E-state index in [-0.39, 0.29) is 109 Å². The Morgan fingerprint density at radius 1 is 0.566 bits per heavy atom. The van der Waals surface area contributed by atoms with Crippen LogP contribution >= 0.6 is 11.6 Å². The lowest BCUT2D eigenvalue weighted by Gasteiger charge is -2.21. The molecule has 1 aliphatic heterocycles. The first-order valence-electron chi connectivity index (χ1n) is 30.6. The summed E-state index contributed by atoms with van der Waals surface area (Å²) in [6.07, 6.45) is 4.27. The van der Waals surface area contributed by atoms with Gasteiger partial charge in [0.25, 0.3) is 5.56 Å². The van der Waals surface area contributed by atoms with Gasteiger partial charge in [0.05, 0.1) is 68.5 Å². The fourth-order valence-corrected chi connectivity index (χ4v) is 10.7. The molecule has 0 bridgehead atoms. The summed E-state index contributed by atoms with van der Waals surface area (Å²) in [7, 11) is 0. The molecule has 0 atom stereocenters. The van der Waals surface area contributed by atoms with E-state index >= 15 is 0 Å². The third-order valence-electron chi connectivity index (χ3n) is 15.7. The number of carbonyl (C=O) groups is 3. The van der Waals surface area contributed by atoms with E-state index in [1.54, 1.807) is 142 Å². The van der Waals surface area contributed by atoms with E-state index in [9.17, 15) is 37.5 Å². The number of hydrogen-bond donors (Lipinski definition) is 2. The van der Waals surface area contributed by atoms with Crippen molar-refractivity contribution in [2.75, 3.05) is 31.3 Å². The van der Waals surface area contributed by atoms with E-state index in [4.69, 9.17) is 34.6 Å². The van der Waals surface area contributed by atoms with Crippen LogP contribution in [-0.2, 0) is 59.7 Å². The van der Waals surface area contributed by atoms with Crippen LogP contribution in [0.3, 0.4) is 0 Å². The average Bonchev–Trinajstić information content (AvgIpc) is 1.58. The molecule has 0 saturated carbocycles. The van der Waals surface area contributed by atoms with E-state index in [1.807, 2.05) is 0 Å². The van der Waals surface area contributed by atoms with Crippen LogP contribution in [0.2, 0.25) is 5.15 Å². The van der Waals surface area contributed by atoms with Gasteiger partial charge in [-0.2, -0.15) is 15.3 Å². The number of anilines is 1. The predicted octanol–water partition coefficient (Wildman–Crippen LogP) is 8.98. The number of aliphatic hydroxyl groups excluding tert-OH is 1. The van der Waals surface area contributed by atoms with E-state index in [0.717, 1.165) is 0 Å². The van der Waals surface area contributed by atoms with Crippen molar-refractivity contribution in [2.45, 2.75) is 91.3 Å². The SMILES string of the molecule is CC1(C)C(=O)N(CCO)c2nc(-c3cc(-c4ccon4)n(Cc4ccccc4F)n3)nnc21.CCOC(=O)C(C)(C)c1nnc(-c2cc(-c3ccon3)n(Cc3ccccc3F)n2)[nH]c1=O.CCOC(=O)C(C)(C)c1nnc(-c2cc(-c3ccon3)n(Cc3ccccc3F)n2)nc1Cl. The monoisotopic (exact) mass is 1370 g/mol. The van der Waals surface area contributed by atoms with Crippen LogP contribution in [0.25, 0.3) is 68.7 Å². The quantitative estimate of drug-likeness (QED) is 0.0672. The predicted molar refractivity (Wildman–Crippen MR) is 346 cm³/mol. The second-order valence-electron chi connectivity index (χ2n) is 23.6. The number of nitrogens with zero attached hydrogens (tertiary/aromatic N) is 18. The third kappa shape index (κ3) is 14.4. The number of benzene rings is 3. The molecular weight excluding hydrogens is 1310 g/mol. The Kier molecular flexibility index (Phi) is 20.0. The van der Waals surface area contributed by atoms with Gasteiger partial charge in [0.2, 0.25) is 17.6 Å². The maximum atomic E-state index is 14.3. The number of hydrogen-bond acceptors (Lipinski definition) is 24. The minimum atomic E-state index is -1.29. The highest BCUT2D eigenvalue weighted by Gasteiger charge is 2.47. The number of aromatic nitrogens is 18. The number of halogens is 4. The molecule has 0 aliphatic carbocycles. The number of rotatable bonds is 20. The lowest BCUT2D eigenvalue weighted by molar-refractivity contribution is -0.149. The third-order valence-corrected chi connectivity index (χ3v) is 16.0. The first-order valence-corrected chi connectivity index (χ1v) is 31.0. The van der Waals surface area contributed by atoms with Gasteiger partial charge < -0.3 is 33.1 Å². The molecule has 508 valence electrons. The van der Waals surface area contributed by atoms with E-state index in [1.165, 1.54) is 60.4 Å². The van der Waals surface area contributed by atoms with E-state index in [0.29, 0.717) is 73.8 Å². The fourth-order valence-electron chi connectivity index (χ4n) is 10.3. The van der Waals surface area contributed by atoms with Gasteiger partial charge in [-0.25, -0.2) is 23.1 Å². The summed E-state index contributed by atoms with van der Waals surface area (Å²) in [5.74, 6) is -1.60. The second-order valence-corrected chi connectivity index (χ2v) is 23.9. The van der Waals surface area contributed by atoms with Crippen LogP contribution in [0.1, 0.15) is 89.2 Å². The first-order chi connectivity index (χ1) is 47.5. The molecule has 99 heavy (non-hydrogen) atoms. The number of aromatic amines is 1. The van der Waals surface area contributed by atoms with Crippen molar-refractivity contribution in [3.63, 3.8) is 0 Å². The van der Waals surface area contributed by atoms with Gasteiger partial charge in [-0.3, -0.25) is 38.1 Å². The van der Waals surface area contributed by atoms with Crippen LogP contribution in [0.15, 0.2) is 146 Å². The Labute approximate surface area is 565 Å². The van der Waals surface area contributed by atoms with Crippen LogP contribution in [0.4, 0.5) is 19.0 Å². The zero-order chi connectivity index (χ0) is 70.3. The van der Waals surface area contributed by atoms with Gasteiger partial charge in [0.1, 0.15) is 98.3 Å². The highest BCUT2D eigenvalue weighted by atomic mass is 35.5. The van der Waals surface area contributed by atoms with Gasteiger partial charge >= 0.3 is 11.9 Å². The summed E-state index contributed by atoms with van der Waals surface area (Å²) < 4.78 is 72.4.